The molecule has 6 heteroatoms. The Balaban J connectivity index is 2.17. The molecule has 0 atom stereocenters. The molecule has 0 radical (unpaired) electrons. The zero-order valence-electron chi connectivity index (χ0n) is 9.62. The monoisotopic (exact) mass is 262 g/mol. The number of anilines is 1. The number of hydrogen-bond acceptors (Lipinski definition) is 6. The van der Waals surface area contributed by atoms with Gasteiger partial charge in [0.2, 0.25) is 0 Å². The first kappa shape index (κ1) is 11.0. The van der Waals surface area contributed by atoms with Gasteiger partial charge in [0.25, 0.3) is 0 Å². The number of carbonyl (C=O) groups excluding carboxylic acids is 1. The second kappa shape index (κ2) is 4.30. The van der Waals surface area contributed by atoms with Gasteiger partial charge in [-0.25, -0.2) is 9.78 Å². The molecule has 0 fully saturated rings. The van der Waals surface area contributed by atoms with E-state index in [1.807, 2.05) is 11.1 Å². The lowest BCUT2D eigenvalue weighted by Crippen LogP contribution is -2.14. The number of thiazole rings is 1. The number of rotatable bonds is 2. The molecule has 0 aliphatic carbocycles. The molecule has 0 spiro atoms. The molecule has 18 heavy (non-hydrogen) atoms. The molecule has 1 aromatic heterocycles. The van der Waals surface area contributed by atoms with Gasteiger partial charge in [-0.2, -0.15) is 0 Å². The fraction of sp³-hybridized carbons (Fsp3) is 0.167. The van der Waals surface area contributed by atoms with Crippen molar-refractivity contribution in [3.8, 4) is 0 Å². The van der Waals surface area contributed by atoms with Gasteiger partial charge >= 0.3 is 5.97 Å². The van der Waals surface area contributed by atoms with Gasteiger partial charge in [-0.05, 0) is 12.1 Å². The third-order valence-electron chi connectivity index (χ3n) is 2.70. The fourth-order valence-electron chi connectivity index (χ4n) is 1.84. The number of aromatic nitrogens is 1. The highest BCUT2D eigenvalue weighted by Crippen LogP contribution is 2.31. The van der Waals surface area contributed by atoms with Crippen molar-refractivity contribution in [1.82, 2.24) is 4.98 Å². The lowest BCUT2D eigenvalue weighted by atomic mass is 10.1. The molecule has 0 N–H and O–H groups in total. The minimum atomic E-state index is -0.351. The topological polar surface area (TPSA) is 51.7 Å². The molecule has 0 unspecified atom stereocenters. The predicted octanol–water partition coefficient (Wildman–Crippen LogP) is 2.35. The molecule has 1 aromatic carbocycles. The van der Waals surface area contributed by atoms with E-state index < -0.39 is 0 Å². The van der Waals surface area contributed by atoms with Gasteiger partial charge in [0.15, 0.2) is 6.73 Å². The summed E-state index contributed by atoms with van der Waals surface area (Å²) in [7, 11) is 1.37. The minimum absolute atomic E-state index is 0.351. The predicted molar refractivity (Wildman–Crippen MR) is 68.5 cm³/mol. The van der Waals surface area contributed by atoms with Crippen LogP contribution >= 0.6 is 11.3 Å². The Hall–Kier alpha value is -2.08. The highest BCUT2D eigenvalue weighted by molar-refractivity contribution is 7.16. The summed E-state index contributed by atoms with van der Waals surface area (Å²) in [5.74, 6) is -0.351. The smallest absolute Gasteiger partial charge is 0.337 e. The quantitative estimate of drug-likeness (QED) is 0.777. The van der Waals surface area contributed by atoms with Crippen LogP contribution in [-0.4, -0.2) is 24.8 Å². The maximum atomic E-state index is 11.6. The molecule has 0 bridgehead atoms. The first-order valence-electron chi connectivity index (χ1n) is 5.30. The summed E-state index contributed by atoms with van der Waals surface area (Å²) in [6.45, 7) is 0.428. The maximum Gasteiger partial charge on any atom is 0.337 e. The third-order valence-corrected chi connectivity index (χ3v) is 3.47. The standard InChI is InChI=1S/C12H10N2O3S/c1-16-12(15)8-4-9(14-2-3-17-7-14)11-10(5-8)18-6-13-11/h2-6H,7H2,1H3. The van der Waals surface area contributed by atoms with E-state index in [0.29, 0.717) is 12.3 Å². The van der Waals surface area contributed by atoms with Gasteiger partial charge in [-0.15, -0.1) is 11.3 Å². The van der Waals surface area contributed by atoms with E-state index in [4.69, 9.17) is 9.47 Å². The molecule has 0 saturated heterocycles. The molecular formula is C12H10N2O3S. The molecule has 0 saturated carbocycles. The Morgan fingerprint density at radius 3 is 3.17 bits per heavy atom. The van der Waals surface area contributed by atoms with Crippen molar-refractivity contribution in [3.63, 3.8) is 0 Å². The number of hydrogen-bond donors (Lipinski definition) is 0. The largest absolute Gasteiger partial charge is 0.479 e. The Morgan fingerprint density at radius 2 is 2.44 bits per heavy atom. The fourth-order valence-corrected chi connectivity index (χ4v) is 2.57. The Labute approximate surface area is 107 Å². The minimum Gasteiger partial charge on any atom is -0.479 e. The summed E-state index contributed by atoms with van der Waals surface area (Å²) < 4.78 is 10.9. The van der Waals surface area contributed by atoms with Crippen molar-refractivity contribution in [1.29, 1.82) is 0 Å². The van der Waals surface area contributed by atoms with Crippen LogP contribution in [0.4, 0.5) is 5.69 Å². The van der Waals surface area contributed by atoms with Gasteiger partial charge in [0.05, 0.1) is 28.6 Å². The zero-order chi connectivity index (χ0) is 12.5. The molecule has 2 aromatic rings. The van der Waals surface area contributed by atoms with Crippen LogP contribution in [0.15, 0.2) is 30.1 Å². The first-order valence-corrected chi connectivity index (χ1v) is 6.18. The van der Waals surface area contributed by atoms with E-state index in [9.17, 15) is 4.79 Å². The average Bonchev–Trinajstić information content (AvgIpc) is 3.06. The van der Waals surface area contributed by atoms with Crippen LogP contribution in [-0.2, 0) is 9.47 Å². The van der Waals surface area contributed by atoms with Crippen LogP contribution in [0.25, 0.3) is 10.2 Å². The number of nitrogens with zero attached hydrogens (tertiary/aromatic N) is 2. The second-order valence-corrected chi connectivity index (χ2v) is 4.62. The Morgan fingerprint density at radius 1 is 1.56 bits per heavy atom. The average molecular weight is 262 g/mol. The summed E-state index contributed by atoms with van der Waals surface area (Å²) in [5, 5.41) is 0. The van der Waals surface area contributed by atoms with Gasteiger partial charge < -0.3 is 14.4 Å². The number of ether oxygens (including phenoxy) is 2. The summed E-state index contributed by atoms with van der Waals surface area (Å²) in [4.78, 5) is 17.9. The van der Waals surface area contributed by atoms with E-state index in [-0.39, 0.29) is 5.97 Å². The van der Waals surface area contributed by atoms with E-state index in [2.05, 4.69) is 4.98 Å². The molecule has 2 heterocycles. The molecule has 3 rings (SSSR count). The summed E-state index contributed by atoms with van der Waals surface area (Å²) >= 11 is 1.49. The summed E-state index contributed by atoms with van der Waals surface area (Å²) in [6.07, 6.45) is 3.43. The van der Waals surface area contributed by atoms with E-state index in [1.165, 1.54) is 18.4 Å². The normalized spacial score (nSPS) is 13.9. The van der Waals surface area contributed by atoms with Crippen molar-refractivity contribution in [2.24, 2.45) is 0 Å². The van der Waals surface area contributed by atoms with Crippen molar-refractivity contribution < 1.29 is 14.3 Å². The van der Waals surface area contributed by atoms with Crippen molar-refractivity contribution in [2.45, 2.75) is 0 Å². The lowest BCUT2D eigenvalue weighted by Gasteiger charge is -2.15. The van der Waals surface area contributed by atoms with Gasteiger partial charge in [-0.1, -0.05) is 0 Å². The van der Waals surface area contributed by atoms with Gasteiger partial charge in [-0.3, -0.25) is 0 Å². The summed E-state index contributed by atoms with van der Waals surface area (Å²) in [6, 6.07) is 3.57. The molecule has 1 aliphatic heterocycles. The van der Waals surface area contributed by atoms with E-state index in [0.717, 1.165) is 15.9 Å². The first-order chi connectivity index (χ1) is 8.79. The van der Waals surface area contributed by atoms with Crippen molar-refractivity contribution in [3.05, 3.63) is 35.7 Å². The Bertz CT molecular complexity index is 635. The zero-order valence-corrected chi connectivity index (χ0v) is 10.4. The maximum absolute atomic E-state index is 11.6. The molecule has 92 valence electrons. The van der Waals surface area contributed by atoms with Crippen LogP contribution in [0.2, 0.25) is 0 Å². The number of carbonyl (C=O) groups is 1. The number of benzene rings is 1. The van der Waals surface area contributed by atoms with Crippen LogP contribution < -0.4 is 4.90 Å². The van der Waals surface area contributed by atoms with Gasteiger partial charge in [0, 0.05) is 6.20 Å². The van der Waals surface area contributed by atoms with Crippen LogP contribution in [0.3, 0.4) is 0 Å². The van der Waals surface area contributed by atoms with Gasteiger partial charge in [0.1, 0.15) is 11.8 Å². The van der Waals surface area contributed by atoms with Crippen molar-refractivity contribution in [2.75, 3.05) is 18.7 Å². The van der Waals surface area contributed by atoms with Crippen molar-refractivity contribution >= 4 is 33.2 Å². The molecule has 0 amide bonds. The third kappa shape index (κ3) is 1.70. The van der Waals surface area contributed by atoms with E-state index >= 15 is 0 Å². The second-order valence-electron chi connectivity index (χ2n) is 3.74. The van der Waals surface area contributed by atoms with Crippen LogP contribution in [0.5, 0.6) is 0 Å². The SMILES string of the molecule is COC(=O)c1cc(N2C=COC2)c2ncsc2c1. The van der Waals surface area contributed by atoms with Crippen LogP contribution in [0, 0.1) is 0 Å². The highest BCUT2D eigenvalue weighted by Gasteiger charge is 2.17. The summed E-state index contributed by atoms with van der Waals surface area (Å²) in [5.41, 5.74) is 3.99. The molecule has 1 aliphatic rings. The highest BCUT2D eigenvalue weighted by atomic mass is 32.1. The number of fused-ring (bicyclic) bond motifs is 1. The van der Waals surface area contributed by atoms with Crippen LogP contribution in [0.1, 0.15) is 10.4 Å². The van der Waals surface area contributed by atoms with E-state index in [1.54, 1.807) is 23.9 Å². The number of esters is 1. The number of methoxy groups -OCH3 is 1. The molecular weight excluding hydrogens is 252 g/mol. The molecule has 5 nitrogen and oxygen atoms in total. The Kier molecular flexibility index (Phi) is 2.64. The lowest BCUT2D eigenvalue weighted by molar-refractivity contribution is 0.0601.